The Kier molecular flexibility index (Phi) is 3.16. The first-order valence-corrected chi connectivity index (χ1v) is 3.56. The largest absolute Gasteiger partial charge is 0.363 e. The molecule has 1 aromatic rings. The average Bonchev–Trinajstić information content (AvgIpc) is 2.01. The Labute approximate surface area is 72.8 Å². The number of halogens is 3. The minimum Gasteiger partial charge on any atom is -0.363 e. The molecule has 0 aliphatic carbocycles. The van der Waals surface area contributed by atoms with Gasteiger partial charge in [-0.3, -0.25) is 4.98 Å². The van der Waals surface area contributed by atoms with Gasteiger partial charge in [0.2, 0.25) is 0 Å². The summed E-state index contributed by atoms with van der Waals surface area (Å²) in [5.41, 5.74) is 0. The smallest absolute Gasteiger partial charge is 0.255 e. The summed E-state index contributed by atoms with van der Waals surface area (Å²) in [4.78, 5) is 7.36. The van der Waals surface area contributed by atoms with Gasteiger partial charge in [-0.05, 0) is 0 Å². The van der Waals surface area contributed by atoms with Gasteiger partial charge in [0.25, 0.3) is 6.43 Å². The van der Waals surface area contributed by atoms with Crippen LogP contribution in [-0.2, 0) is 0 Å². The van der Waals surface area contributed by atoms with Crippen LogP contribution >= 0.6 is 11.6 Å². The van der Waals surface area contributed by atoms with Crippen molar-refractivity contribution in [2.75, 3.05) is 11.9 Å². The molecule has 6 heteroatoms. The predicted octanol–water partition coefficient (Wildman–Crippen LogP) is 1.81. The minimum atomic E-state index is -2.41. The van der Waals surface area contributed by atoms with E-state index in [0.29, 0.717) is 0 Å². The zero-order valence-corrected chi connectivity index (χ0v) is 6.72. The van der Waals surface area contributed by atoms with Crippen molar-refractivity contribution in [3.05, 3.63) is 17.5 Å². The van der Waals surface area contributed by atoms with Crippen molar-refractivity contribution >= 4 is 17.4 Å². The molecule has 0 aliphatic heterocycles. The summed E-state index contributed by atoms with van der Waals surface area (Å²) < 4.78 is 23.4. The Balaban J connectivity index is 2.52. The molecule has 0 saturated heterocycles. The van der Waals surface area contributed by atoms with E-state index in [1.807, 2.05) is 0 Å². The predicted molar refractivity (Wildman–Crippen MR) is 41.5 cm³/mol. The first-order chi connectivity index (χ1) is 5.68. The van der Waals surface area contributed by atoms with Gasteiger partial charge in [0, 0.05) is 0 Å². The van der Waals surface area contributed by atoms with E-state index in [0.717, 1.165) is 0 Å². The van der Waals surface area contributed by atoms with Crippen LogP contribution in [0.2, 0.25) is 5.15 Å². The molecule has 0 amide bonds. The van der Waals surface area contributed by atoms with Crippen LogP contribution in [0.5, 0.6) is 0 Å². The molecule has 1 rings (SSSR count). The Morgan fingerprint density at radius 1 is 1.50 bits per heavy atom. The van der Waals surface area contributed by atoms with Gasteiger partial charge in [-0.2, -0.15) is 0 Å². The Bertz CT molecular complexity index is 256. The van der Waals surface area contributed by atoms with Crippen LogP contribution in [0.15, 0.2) is 12.4 Å². The van der Waals surface area contributed by atoms with Crippen molar-refractivity contribution in [3.8, 4) is 0 Å². The van der Waals surface area contributed by atoms with Crippen LogP contribution < -0.4 is 5.32 Å². The van der Waals surface area contributed by atoms with Crippen LogP contribution in [0.1, 0.15) is 0 Å². The number of nitrogens with zero attached hydrogens (tertiary/aromatic N) is 2. The standard InChI is InChI=1S/C6H6ClF2N3/c7-4-1-10-3-6(12-4)11-2-5(8)9/h1,3,5H,2H2,(H,11,12). The maximum Gasteiger partial charge on any atom is 0.255 e. The van der Waals surface area contributed by atoms with Crippen molar-refractivity contribution in [2.24, 2.45) is 0 Å². The highest BCUT2D eigenvalue weighted by Crippen LogP contribution is 2.06. The molecular formula is C6H6ClF2N3. The average molecular weight is 194 g/mol. The van der Waals surface area contributed by atoms with E-state index in [4.69, 9.17) is 11.6 Å². The molecule has 0 atom stereocenters. The lowest BCUT2D eigenvalue weighted by atomic mass is 10.6. The highest BCUT2D eigenvalue weighted by molar-refractivity contribution is 6.29. The van der Waals surface area contributed by atoms with Gasteiger partial charge in [-0.25, -0.2) is 13.8 Å². The minimum absolute atomic E-state index is 0.175. The monoisotopic (exact) mass is 193 g/mol. The van der Waals surface area contributed by atoms with Crippen LogP contribution in [0.4, 0.5) is 14.6 Å². The SMILES string of the molecule is FC(F)CNc1cncc(Cl)n1. The molecule has 66 valence electrons. The number of aromatic nitrogens is 2. The highest BCUT2D eigenvalue weighted by Gasteiger charge is 2.02. The fraction of sp³-hybridized carbons (Fsp3) is 0.333. The molecule has 1 aromatic heterocycles. The molecule has 0 aromatic carbocycles. The molecule has 3 nitrogen and oxygen atoms in total. The van der Waals surface area contributed by atoms with Crippen LogP contribution in [0.25, 0.3) is 0 Å². The summed E-state index contributed by atoms with van der Waals surface area (Å²) in [5.74, 6) is 0.253. The number of rotatable bonds is 3. The number of anilines is 1. The fourth-order valence-electron chi connectivity index (χ4n) is 0.609. The normalized spacial score (nSPS) is 10.3. The summed E-state index contributed by atoms with van der Waals surface area (Å²) in [6.45, 7) is -0.449. The van der Waals surface area contributed by atoms with E-state index in [9.17, 15) is 8.78 Å². The Morgan fingerprint density at radius 3 is 2.83 bits per heavy atom. The van der Waals surface area contributed by atoms with Crippen LogP contribution in [0.3, 0.4) is 0 Å². The lowest BCUT2D eigenvalue weighted by Crippen LogP contribution is -2.11. The lowest BCUT2D eigenvalue weighted by Gasteiger charge is -2.02. The lowest BCUT2D eigenvalue weighted by molar-refractivity contribution is 0.163. The quantitative estimate of drug-likeness (QED) is 0.796. The van der Waals surface area contributed by atoms with Gasteiger partial charge < -0.3 is 5.32 Å². The Morgan fingerprint density at radius 2 is 2.25 bits per heavy atom. The van der Waals surface area contributed by atoms with Crippen molar-refractivity contribution in [1.82, 2.24) is 9.97 Å². The van der Waals surface area contributed by atoms with E-state index in [2.05, 4.69) is 15.3 Å². The summed E-state index contributed by atoms with van der Waals surface area (Å²) in [7, 11) is 0. The second-order valence-electron chi connectivity index (χ2n) is 2.00. The van der Waals surface area contributed by atoms with Crippen LogP contribution in [0, 0.1) is 0 Å². The van der Waals surface area contributed by atoms with Gasteiger partial charge in [0.15, 0.2) is 0 Å². The first-order valence-electron chi connectivity index (χ1n) is 3.18. The van der Waals surface area contributed by atoms with E-state index >= 15 is 0 Å². The van der Waals surface area contributed by atoms with E-state index < -0.39 is 13.0 Å². The number of nitrogens with one attached hydrogen (secondary N) is 1. The summed E-state index contributed by atoms with van der Waals surface area (Å²) in [6.07, 6.45) is 0.245. The molecule has 1 heterocycles. The summed E-state index contributed by atoms with van der Waals surface area (Å²) >= 11 is 5.46. The first kappa shape index (κ1) is 9.12. The second-order valence-corrected chi connectivity index (χ2v) is 2.39. The zero-order valence-electron chi connectivity index (χ0n) is 5.97. The molecule has 0 fully saturated rings. The third-order valence-corrected chi connectivity index (χ3v) is 1.22. The molecule has 12 heavy (non-hydrogen) atoms. The molecule has 0 spiro atoms. The number of hydrogen-bond donors (Lipinski definition) is 1. The van der Waals surface area contributed by atoms with Crippen molar-refractivity contribution < 1.29 is 8.78 Å². The number of hydrogen-bond acceptors (Lipinski definition) is 3. The highest BCUT2D eigenvalue weighted by atomic mass is 35.5. The maximum atomic E-state index is 11.7. The molecule has 0 bridgehead atoms. The van der Waals surface area contributed by atoms with Gasteiger partial charge in [-0.15, -0.1) is 0 Å². The molecule has 0 saturated carbocycles. The summed E-state index contributed by atoms with van der Waals surface area (Å²) in [6, 6.07) is 0. The topological polar surface area (TPSA) is 37.8 Å². The van der Waals surface area contributed by atoms with Crippen molar-refractivity contribution in [2.45, 2.75) is 6.43 Å². The van der Waals surface area contributed by atoms with Crippen molar-refractivity contribution in [1.29, 1.82) is 0 Å². The molecule has 0 aliphatic rings. The van der Waals surface area contributed by atoms with Crippen LogP contribution in [-0.4, -0.2) is 22.9 Å². The molecule has 1 N–H and O–H groups in total. The van der Waals surface area contributed by atoms with E-state index in [-0.39, 0.29) is 11.0 Å². The van der Waals surface area contributed by atoms with Crippen molar-refractivity contribution in [3.63, 3.8) is 0 Å². The zero-order chi connectivity index (χ0) is 8.97. The third-order valence-electron chi connectivity index (χ3n) is 1.04. The van der Waals surface area contributed by atoms with Gasteiger partial charge in [-0.1, -0.05) is 11.6 Å². The number of alkyl halides is 2. The second kappa shape index (κ2) is 4.15. The molecule has 0 unspecified atom stereocenters. The maximum absolute atomic E-state index is 11.7. The van der Waals surface area contributed by atoms with Gasteiger partial charge in [0.05, 0.1) is 18.9 Å². The van der Waals surface area contributed by atoms with Gasteiger partial charge >= 0.3 is 0 Å². The Hall–Kier alpha value is -0.970. The van der Waals surface area contributed by atoms with E-state index in [1.165, 1.54) is 12.4 Å². The molecular weight excluding hydrogens is 188 g/mol. The third kappa shape index (κ3) is 2.96. The summed E-state index contributed by atoms with van der Waals surface area (Å²) in [5, 5.41) is 2.55. The molecule has 0 radical (unpaired) electrons. The fourth-order valence-corrected chi connectivity index (χ4v) is 0.756. The van der Waals surface area contributed by atoms with E-state index in [1.54, 1.807) is 0 Å². The van der Waals surface area contributed by atoms with Gasteiger partial charge in [0.1, 0.15) is 11.0 Å².